The standard InChI is InChI=1S/C20H16BrCl2N3O3/c21-13-3-1-11(2-4-13)18(28)25-9-14(19(29)26-20(10-24)5-6-20)12-7-15(22)17(27)16(23)8-12/h1-4,7-8,14,27H,5-6,9H2,(H,25,28)(H,26,29). The van der Waals surface area contributed by atoms with Gasteiger partial charge >= 0.3 is 0 Å². The molecule has 1 fully saturated rings. The zero-order valence-electron chi connectivity index (χ0n) is 15.0. The molecule has 9 heteroatoms. The average molecular weight is 497 g/mol. The van der Waals surface area contributed by atoms with Gasteiger partial charge in [0.05, 0.1) is 22.0 Å². The van der Waals surface area contributed by atoms with Crippen molar-refractivity contribution >= 4 is 50.9 Å². The number of nitrogens with zero attached hydrogens (tertiary/aromatic N) is 1. The van der Waals surface area contributed by atoms with E-state index in [2.05, 4.69) is 32.6 Å². The monoisotopic (exact) mass is 495 g/mol. The average Bonchev–Trinajstić information content (AvgIpc) is 3.46. The lowest BCUT2D eigenvalue weighted by Crippen LogP contribution is -2.42. The zero-order chi connectivity index (χ0) is 21.2. The quantitative estimate of drug-likeness (QED) is 0.559. The molecular formula is C20H16BrCl2N3O3. The normalized spacial score (nSPS) is 15.1. The van der Waals surface area contributed by atoms with Crippen molar-refractivity contribution < 1.29 is 14.7 Å². The SMILES string of the molecule is N#CC1(NC(=O)C(CNC(=O)c2ccc(Br)cc2)c2cc(Cl)c(O)c(Cl)c2)CC1. The van der Waals surface area contributed by atoms with Crippen molar-refractivity contribution in [3.63, 3.8) is 0 Å². The van der Waals surface area contributed by atoms with Crippen molar-refractivity contribution in [1.29, 1.82) is 5.26 Å². The number of phenols is 1. The summed E-state index contributed by atoms with van der Waals surface area (Å²) in [6.07, 6.45) is 1.15. The van der Waals surface area contributed by atoms with E-state index in [-0.39, 0.29) is 28.2 Å². The highest BCUT2D eigenvalue weighted by Gasteiger charge is 2.45. The first-order chi connectivity index (χ1) is 13.7. The first-order valence-corrected chi connectivity index (χ1v) is 10.2. The van der Waals surface area contributed by atoms with E-state index in [0.717, 1.165) is 4.47 Å². The molecule has 3 N–H and O–H groups in total. The van der Waals surface area contributed by atoms with Crippen molar-refractivity contribution in [2.75, 3.05) is 6.54 Å². The van der Waals surface area contributed by atoms with Gasteiger partial charge in [-0.2, -0.15) is 5.26 Å². The molecule has 0 radical (unpaired) electrons. The number of nitriles is 1. The minimum atomic E-state index is -0.866. The summed E-state index contributed by atoms with van der Waals surface area (Å²) in [7, 11) is 0. The Balaban J connectivity index is 1.82. The van der Waals surface area contributed by atoms with Crippen LogP contribution in [0.1, 0.15) is 34.7 Å². The smallest absolute Gasteiger partial charge is 0.251 e. The molecule has 0 heterocycles. The lowest BCUT2D eigenvalue weighted by molar-refractivity contribution is -0.123. The molecular weight excluding hydrogens is 481 g/mol. The molecule has 1 saturated carbocycles. The molecule has 0 aromatic heterocycles. The van der Waals surface area contributed by atoms with E-state index in [0.29, 0.717) is 24.0 Å². The maximum absolute atomic E-state index is 12.9. The Hall–Kier alpha value is -2.27. The van der Waals surface area contributed by atoms with Gasteiger partial charge in [-0.05, 0) is 54.8 Å². The van der Waals surface area contributed by atoms with Gasteiger partial charge in [0.2, 0.25) is 5.91 Å². The highest BCUT2D eigenvalue weighted by Crippen LogP contribution is 2.37. The second-order valence-electron chi connectivity index (χ2n) is 6.79. The fourth-order valence-electron chi connectivity index (χ4n) is 2.76. The third kappa shape index (κ3) is 5.02. The number of hydrogen-bond donors (Lipinski definition) is 3. The molecule has 0 bridgehead atoms. The molecule has 6 nitrogen and oxygen atoms in total. The number of nitrogens with one attached hydrogen (secondary N) is 2. The van der Waals surface area contributed by atoms with Crippen LogP contribution < -0.4 is 10.6 Å². The molecule has 150 valence electrons. The van der Waals surface area contributed by atoms with Crippen LogP contribution in [0, 0.1) is 11.3 Å². The number of hydrogen-bond acceptors (Lipinski definition) is 4. The van der Waals surface area contributed by atoms with E-state index < -0.39 is 17.4 Å². The van der Waals surface area contributed by atoms with Crippen LogP contribution in [0.3, 0.4) is 0 Å². The highest BCUT2D eigenvalue weighted by molar-refractivity contribution is 9.10. The molecule has 0 spiro atoms. The van der Waals surface area contributed by atoms with Crippen LogP contribution in [0.4, 0.5) is 0 Å². The lowest BCUT2D eigenvalue weighted by Gasteiger charge is -2.20. The van der Waals surface area contributed by atoms with Crippen LogP contribution in [0.25, 0.3) is 0 Å². The molecule has 1 aliphatic carbocycles. The van der Waals surface area contributed by atoms with Crippen LogP contribution in [0.15, 0.2) is 40.9 Å². The Labute approximate surface area is 185 Å². The number of amides is 2. The van der Waals surface area contributed by atoms with Crippen molar-refractivity contribution in [3.05, 3.63) is 62.0 Å². The van der Waals surface area contributed by atoms with Crippen molar-refractivity contribution in [1.82, 2.24) is 10.6 Å². The molecule has 1 atom stereocenters. The van der Waals surface area contributed by atoms with E-state index in [1.54, 1.807) is 24.3 Å². The first kappa shape index (κ1) is 21.4. The maximum atomic E-state index is 12.9. The molecule has 2 amide bonds. The molecule has 1 unspecified atom stereocenters. The van der Waals surface area contributed by atoms with Crippen LogP contribution in [0.2, 0.25) is 10.0 Å². The van der Waals surface area contributed by atoms with Crippen molar-refractivity contribution in [2.24, 2.45) is 0 Å². The van der Waals surface area contributed by atoms with E-state index in [1.165, 1.54) is 12.1 Å². The topological polar surface area (TPSA) is 102 Å². The van der Waals surface area contributed by atoms with Gasteiger partial charge < -0.3 is 15.7 Å². The van der Waals surface area contributed by atoms with Crippen molar-refractivity contribution in [2.45, 2.75) is 24.3 Å². The first-order valence-electron chi connectivity index (χ1n) is 8.69. The number of benzene rings is 2. The molecule has 0 aliphatic heterocycles. The lowest BCUT2D eigenvalue weighted by atomic mass is 9.97. The number of carbonyl (C=O) groups excluding carboxylic acids is 2. The Kier molecular flexibility index (Phi) is 6.37. The van der Waals surface area contributed by atoms with Gasteiger partial charge in [0.1, 0.15) is 5.54 Å². The van der Waals surface area contributed by atoms with E-state index in [4.69, 9.17) is 23.2 Å². The largest absolute Gasteiger partial charge is 0.505 e. The van der Waals surface area contributed by atoms with E-state index in [1.807, 2.05) is 0 Å². The summed E-state index contributed by atoms with van der Waals surface area (Å²) < 4.78 is 0.839. The van der Waals surface area contributed by atoms with Crippen LogP contribution in [-0.4, -0.2) is 29.0 Å². The van der Waals surface area contributed by atoms with Gasteiger partial charge in [-0.1, -0.05) is 39.1 Å². The Morgan fingerprint density at radius 3 is 2.31 bits per heavy atom. The number of carbonyl (C=O) groups is 2. The number of phenolic OH excluding ortho intramolecular Hbond substituents is 1. The summed E-state index contributed by atoms with van der Waals surface area (Å²) >= 11 is 15.3. The summed E-state index contributed by atoms with van der Waals surface area (Å²) in [6.45, 7) is -0.0420. The number of rotatable bonds is 6. The second-order valence-corrected chi connectivity index (χ2v) is 8.52. The molecule has 29 heavy (non-hydrogen) atoms. The predicted octanol–water partition coefficient (Wildman–Crippen LogP) is 4.15. The summed E-state index contributed by atoms with van der Waals surface area (Å²) in [5, 5.41) is 24.5. The maximum Gasteiger partial charge on any atom is 0.251 e. The van der Waals surface area contributed by atoms with Crippen LogP contribution in [-0.2, 0) is 4.79 Å². The fraction of sp³-hybridized carbons (Fsp3) is 0.250. The third-order valence-electron chi connectivity index (χ3n) is 4.66. The fourth-order valence-corrected chi connectivity index (χ4v) is 3.53. The Bertz CT molecular complexity index is 978. The summed E-state index contributed by atoms with van der Waals surface area (Å²) in [5.41, 5.74) is -0.0137. The molecule has 1 aliphatic rings. The molecule has 2 aromatic rings. The summed E-state index contributed by atoms with van der Waals surface area (Å²) in [5.74, 6) is -1.92. The van der Waals surface area contributed by atoms with Gasteiger partial charge in [0.15, 0.2) is 5.75 Å². The summed E-state index contributed by atoms with van der Waals surface area (Å²) in [6, 6.07) is 11.7. The van der Waals surface area contributed by atoms with Crippen molar-refractivity contribution in [3.8, 4) is 11.8 Å². The Morgan fingerprint density at radius 1 is 1.21 bits per heavy atom. The van der Waals surface area contributed by atoms with Gasteiger partial charge in [0.25, 0.3) is 5.91 Å². The minimum Gasteiger partial charge on any atom is -0.505 e. The van der Waals surface area contributed by atoms with E-state index >= 15 is 0 Å². The van der Waals surface area contributed by atoms with Gasteiger partial charge in [-0.25, -0.2) is 0 Å². The number of aromatic hydroxyl groups is 1. The predicted molar refractivity (Wildman–Crippen MR) is 113 cm³/mol. The molecule has 2 aromatic carbocycles. The van der Waals surface area contributed by atoms with Gasteiger partial charge in [-0.15, -0.1) is 0 Å². The van der Waals surface area contributed by atoms with Gasteiger partial charge in [0, 0.05) is 16.6 Å². The minimum absolute atomic E-state index is 0.00838. The van der Waals surface area contributed by atoms with Gasteiger partial charge in [-0.3, -0.25) is 9.59 Å². The second kappa shape index (κ2) is 8.62. The third-order valence-corrected chi connectivity index (χ3v) is 5.76. The summed E-state index contributed by atoms with van der Waals surface area (Å²) in [4.78, 5) is 25.3. The molecule has 0 saturated heterocycles. The highest BCUT2D eigenvalue weighted by atomic mass is 79.9. The number of halogens is 3. The van der Waals surface area contributed by atoms with E-state index in [9.17, 15) is 20.0 Å². The molecule has 3 rings (SSSR count). The van der Waals surface area contributed by atoms with Crippen LogP contribution >= 0.6 is 39.1 Å². The zero-order valence-corrected chi connectivity index (χ0v) is 18.1. The van der Waals surface area contributed by atoms with Crippen LogP contribution in [0.5, 0.6) is 5.75 Å². The Morgan fingerprint density at radius 2 is 1.79 bits per heavy atom.